The summed E-state index contributed by atoms with van der Waals surface area (Å²) in [6, 6.07) is 10.3. The molecule has 1 fully saturated rings. The Hall–Kier alpha value is -1.60. The first-order valence-corrected chi connectivity index (χ1v) is 12.9. The number of sulfonamides is 1. The van der Waals surface area contributed by atoms with Crippen LogP contribution in [0.5, 0.6) is 0 Å². The molecule has 0 bridgehead atoms. The molecule has 2 N–H and O–H groups in total. The third kappa shape index (κ3) is 4.77. The summed E-state index contributed by atoms with van der Waals surface area (Å²) in [7, 11) is -3.89. The average molecular weight is 481 g/mol. The Balaban J connectivity index is 1.58. The number of amides is 1. The van der Waals surface area contributed by atoms with E-state index in [9.17, 15) is 13.2 Å². The first-order chi connectivity index (χ1) is 14.8. The standard InChI is InChI=1S/C23H26Cl2N2O3S/c1-14-6-2-5-9-20(14)27-31(29,30)22-12-17(18(24)13-19(22)25)23(28)26-21-11-10-15-7-3-4-8-16(15)21/h3-4,7-8,12-14,20-21,27H,2,5-6,9-11H2,1H3,(H,26,28). The summed E-state index contributed by atoms with van der Waals surface area (Å²) in [6.45, 7) is 2.05. The molecule has 166 valence electrons. The molecule has 2 aromatic rings. The van der Waals surface area contributed by atoms with Crippen LogP contribution in [0.1, 0.15) is 66.6 Å². The van der Waals surface area contributed by atoms with Gasteiger partial charge in [-0.1, -0.05) is 67.2 Å². The molecule has 2 aromatic carbocycles. The van der Waals surface area contributed by atoms with Crippen LogP contribution in [0.2, 0.25) is 10.0 Å². The van der Waals surface area contributed by atoms with Crippen molar-refractivity contribution in [3.05, 3.63) is 63.1 Å². The van der Waals surface area contributed by atoms with E-state index in [4.69, 9.17) is 23.2 Å². The minimum Gasteiger partial charge on any atom is -0.345 e. The van der Waals surface area contributed by atoms with E-state index in [-0.39, 0.29) is 38.5 Å². The minimum atomic E-state index is -3.89. The van der Waals surface area contributed by atoms with Crippen LogP contribution >= 0.6 is 23.2 Å². The molecule has 0 radical (unpaired) electrons. The van der Waals surface area contributed by atoms with E-state index < -0.39 is 15.9 Å². The number of hydrogen-bond donors (Lipinski definition) is 2. The Labute approximate surface area is 193 Å². The molecule has 0 spiro atoms. The number of carbonyl (C=O) groups is 1. The zero-order valence-electron chi connectivity index (χ0n) is 17.3. The smallest absolute Gasteiger partial charge is 0.253 e. The molecule has 2 aliphatic rings. The predicted molar refractivity (Wildman–Crippen MR) is 123 cm³/mol. The van der Waals surface area contributed by atoms with Crippen LogP contribution in [0, 0.1) is 5.92 Å². The predicted octanol–water partition coefficient (Wildman–Crippen LogP) is 5.27. The fourth-order valence-electron chi connectivity index (χ4n) is 4.61. The van der Waals surface area contributed by atoms with Crippen molar-refractivity contribution in [3.63, 3.8) is 0 Å². The highest BCUT2D eigenvalue weighted by atomic mass is 35.5. The molecule has 3 unspecified atom stereocenters. The number of benzene rings is 2. The molecule has 3 atom stereocenters. The van der Waals surface area contributed by atoms with Gasteiger partial charge in [-0.2, -0.15) is 0 Å². The third-order valence-corrected chi connectivity index (χ3v) is 8.68. The van der Waals surface area contributed by atoms with Gasteiger partial charge in [0, 0.05) is 6.04 Å². The van der Waals surface area contributed by atoms with E-state index in [1.165, 1.54) is 17.7 Å². The van der Waals surface area contributed by atoms with Gasteiger partial charge in [0.05, 0.1) is 21.7 Å². The summed E-state index contributed by atoms with van der Waals surface area (Å²) in [6.07, 6.45) is 5.55. The summed E-state index contributed by atoms with van der Waals surface area (Å²) in [5, 5.41) is 3.12. The van der Waals surface area contributed by atoms with Gasteiger partial charge in [0.2, 0.25) is 10.0 Å². The number of hydrogen-bond acceptors (Lipinski definition) is 3. The first-order valence-electron chi connectivity index (χ1n) is 10.7. The molecule has 5 nitrogen and oxygen atoms in total. The quantitative estimate of drug-likeness (QED) is 0.611. The summed E-state index contributed by atoms with van der Waals surface area (Å²) >= 11 is 12.5. The van der Waals surface area contributed by atoms with Gasteiger partial charge in [0.1, 0.15) is 4.90 Å². The topological polar surface area (TPSA) is 75.3 Å². The van der Waals surface area contributed by atoms with Crippen LogP contribution in [0.4, 0.5) is 0 Å². The van der Waals surface area contributed by atoms with E-state index in [1.807, 2.05) is 25.1 Å². The molecule has 0 aromatic heterocycles. The third-order valence-electron chi connectivity index (χ3n) is 6.41. The number of halogens is 2. The van der Waals surface area contributed by atoms with E-state index in [0.717, 1.165) is 44.1 Å². The minimum absolute atomic E-state index is 0.00345. The lowest BCUT2D eigenvalue weighted by Gasteiger charge is -2.29. The molecule has 0 heterocycles. The van der Waals surface area contributed by atoms with E-state index in [1.54, 1.807) is 0 Å². The van der Waals surface area contributed by atoms with Crippen molar-refractivity contribution in [1.29, 1.82) is 0 Å². The first kappa shape index (κ1) is 22.6. The van der Waals surface area contributed by atoms with Gasteiger partial charge in [-0.05, 0) is 54.9 Å². The van der Waals surface area contributed by atoms with Crippen molar-refractivity contribution in [1.82, 2.24) is 10.0 Å². The molecule has 0 saturated heterocycles. The summed E-state index contributed by atoms with van der Waals surface area (Å²) in [5.41, 5.74) is 2.40. The molecule has 31 heavy (non-hydrogen) atoms. The fourth-order valence-corrected chi connectivity index (χ4v) is 6.84. The lowest BCUT2D eigenvalue weighted by Crippen LogP contribution is -2.41. The number of fused-ring (bicyclic) bond motifs is 1. The van der Waals surface area contributed by atoms with Crippen LogP contribution < -0.4 is 10.0 Å². The number of rotatable bonds is 5. The van der Waals surface area contributed by atoms with Crippen molar-refractivity contribution in [2.24, 2.45) is 5.92 Å². The summed E-state index contributed by atoms with van der Waals surface area (Å²) in [5.74, 6) is -0.161. The Morgan fingerprint density at radius 2 is 1.77 bits per heavy atom. The Morgan fingerprint density at radius 3 is 2.55 bits per heavy atom. The van der Waals surface area contributed by atoms with Gasteiger partial charge in [0.15, 0.2) is 0 Å². The number of nitrogens with one attached hydrogen (secondary N) is 2. The molecular weight excluding hydrogens is 455 g/mol. The zero-order valence-corrected chi connectivity index (χ0v) is 19.7. The van der Waals surface area contributed by atoms with Crippen molar-refractivity contribution in [3.8, 4) is 0 Å². The lowest BCUT2D eigenvalue weighted by atomic mass is 9.87. The molecule has 1 amide bonds. The van der Waals surface area contributed by atoms with Crippen molar-refractivity contribution >= 4 is 39.1 Å². The normalized spacial score (nSPS) is 23.4. The number of aryl methyl sites for hydroxylation is 1. The monoisotopic (exact) mass is 480 g/mol. The van der Waals surface area contributed by atoms with Crippen LogP contribution in [0.25, 0.3) is 0 Å². The molecule has 0 aliphatic heterocycles. The fraction of sp³-hybridized carbons (Fsp3) is 0.435. The summed E-state index contributed by atoms with van der Waals surface area (Å²) in [4.78, 5) is 12.9. The highest BCUT2D eigenvalue weighted by Gasteiger charge is 2.30. The molecule has 8 heteroatoms. The molecular formula is C23H26Cl2N2O3S. The highest BCUT2D eigenvalue weighted by Crippen LogP contribution is 2.33. The van der Waals surface area contributed by atoms with Crippen LogP contribution in [0.3, 0.4) is 0 Å². The maximum Gasteiger partial charge on any atom is 0.253 e. The van der Waals surface area contributed by atoms with Crippen molar-refractivity contribution in [2.45, 2.75) is 62.4 Å². The Kier molecular flexibility index (Phi) is 6.63. The van der Waals surface area contributed by atoms with Gasteiger partial charge in [-0.25, -0.2) is 13.1 Å². The second-order valence-corrected chi connectivity index (χ2v) is 11.0. The van der Waals surface area contributed by atoms with Crippen molar-refractivity contribution < 1.29 is 13.2 Å². The number of carbonyl (C=O) groups excluding carboxylic acids is 1. The molecule has 4 rings (SSSR count). The highest BCUT2D eigenvalue weighted by molar-refractivity contribution is 7.89. The Morgan fingerprint density at radius 1 is 1.03 bits per heavy atom. The second kappa shape index (κ2) is 9.10. The molecule has 2 aliphatic carbocycles. The summed E-state index contributed by atoms with van der Waals surface area (Å²) < 4.78 is 29.0. The van der Waals surface area contributed by atoms with Crippen LogP contribution in [-0.2, 0) is 16.4 Å². The zero-order chi connectivity index (χ0) is 22.2. The van der Waals surface area contributed by atoms with E-state index in [2.05, 4.69) is 16.1 Å². The average Bonchev–Trinajstić information content (AvgIpc) is 3.12. The Bertz CT molecular complexity index is 1100. The van der Waals surface area contributed by atoms with Gasteiger partial charge in [-0.15, -0.1) is 0 Å². The van der Waals surface area contributed by atoms with Gasteiger partial charge in [0.25, 0.3) is 5.91 Å². The van der Waals surface area contributed by atoms with E-state index >= 15 is 0 Å². The second-order valence-electron chi connectivity index (χ2n) is 8.52. The van der Waals surface area contributed by atoms with Gasteiger partial charge in [-0.3, -0.25) is 4.79 Å². The maximum atomic E-state index is 13.1. The van der Waals surface area contributed by atoms with Crippen LogP contribution in [0.15, 0.2) is 41.3 Å². The maximum absolute atomic E-state index is 13.1. The van der Waals surface area contributed by atoms with Gasteiger partial charge >= 0.3 is 0 Å². The molecule has 1 saturated carbocycles. The van der Waals surface area contributed by atoms with Gasteiger partial charge < -0.3 is 5.32 Å². The SMILES string of the molecule is CC1CCCCC1NS(=O)(=O)c1cc(C(=O)NC2CCc3ccccc32)c(Cl)cc1Cl. The largest absolute Gasteiger partial charge is 0.345 e. The van der Waals surface area contributed by atoms with Crippen LogP contribution in [-0.4, -0.2) is 20.4 Å². The van der Waals surface area contributed by atoms with Crippen molar-refractivity contribution in [2.75, 3.05) is 0 Å². The lowest BCUT2D eigenvalue weighted by molar-refractivity contribution is 0.0936. The van der Waals surface area contributed by atoms with E-state index in [0.29, 0.717) is 0 Å².